The van der Waals surface area contributed by atoms with Crippen LogP contribution < -0.4 is 4.72 Å². The van der Waals surface area contributed by atoms with Crippen LogP contribution in [0.4, 0.5) is 0 Å². The maximum atomic E-state index is 4.85. The monoisotopic (exact) mass is 682 g/mol. The summed E-state index contributed by atoms with van der Waals surface area (Å²) in [6.45, 7) is 4.56. The summed E-state index contributed by atoms with van der Waals surface area (Å²) in [4.78, 5) is 2.68. The smallest absolute Gasteiger partial charge is 0.0887 e. The zero-order chi connectivity index (χ0) is 26.0. The molecule has 7 heteroatoms. The van der Waals surface area contributed by atoms with Crippen LogP contribution in [0.3, 0.4) is 0 Å². The Bertz CT molecular complexity index is 1110. The first kappa shape index (κ1) is 29.8. The van der Waals surface area contributed by atoms with Crippen LogP contribution in [0.2, 0.25) is 0 Å². The molecule has 2 aliphatic rings. The fourth-order valence-electron chi connectivity index (χ4n) is 5.06. The molecule has 0 radical (unpaired) electrons. The Morgan fingerprint density at radius 3 is 1.89 bits per heavy atom. The van der Waals surface area contributed by atoms with Gasteiger partial charge in [0.1, 0.15) is 0 Å². The summed E-state index contributed by atoms with van der Waals surface area (Å²) in [5.41, 5.74) is 6.69. The van der Waals surface area contributed by atoms with Gasteiger partial charge in [-0.25, -0.2) is 9.12 Å². The van der Waals surface area contributed by atoms with Crippen molar-refractivity contribution in [2.75, 3.05) is 0 Å². The van der Waals surface area contributed by atoms with Crippen LogP contribution in [0.25, 0.3) is 11.1 Å². The molecule has 0 spiro atoms. The van der Waals surface area contributed by atoms with Crippen molar-refractivity contribution in [2.24, 2.45) is 4.40 Å². The molecule has 0 fully saturated rings. The molecule has 2 nitrogen and oxygen atoms in total. The van der Waals surface area contributed by atoms with E-state index in [9.17, 15) is 0 Å². The Hall–Kier alpha value is -0.180. The van der Waals surface area contributed by atoms with Gasteiger partial charge in [0.15, 0.2) is 0 Å². The van der Waals surface area contributed by atoms with Gasteiger partial charge in [0.2, 0.25) is 0 Å². The Morgan fingerprint density at radius 1 is 0.730 bits per heavy atom. The van der Waals surface area contributed by atoms with E-state index in [4.69, 9.17) is 4.40 Å². The number of allylic oxidation sites excluding steroid dienone is 2. The fourth-order valence-corrected chi connectivity index (χ4v) is 9.39. The highest BCUT2D eigenvalue weighted by atomic mass is 79.9. The normalized spacial score (nSPS) is 17.1. The molecule has 0 bridgehead atoms. The first-order chi connectivity index (χ1) is 18.1. The maximum Gasteiger partial charge on any atom is 0.0887 e. The lowest BCUT2D eigenvalue weighted by Crippen LogP contribution is -2.31. The first-order valence-electron chi connectivity index (χ1n) is 14.1. The van der Waals surface area contributed by atoms with Crippen molar-refractivity contribution in [3.05, 3.63) is 52.7 Å². The first-order valence-corrected chi connectivity index (χ1v) is 18.1. The summed E-state index contributed by atoms with van der Waals surface area (Å²) in [5, 5.41) is 0. The van der Waals surface area contributed by atoms with Crippen LogP contribution in [0.1, 0.15) is 112 Å². The number of nitrogens with zero attached hydrogens (tertiary/aromatic N) is 1. The highest BCUT2D eigenvalue weighted by Crippen LogP contribution is 2.43. The van der Waals surface area contributed by atoms with Gasteiger partial charge in [0, 0.05) is 15.3 Å². The van der Waals surface area contributed by atoms with Crippen LogP contribution in [-0.4, -0.2) is 11.8 Å². The van der Waals surface area contributed by atoms with E-state index in [0.717, 1.165) is 12.8 Å². The minimum Gasteiger partial charge on any atom is -0.231 e. The van der Waals surface area contributed by atoms with Crippen molar-refractivity contribution in [3.8, 4) is 0 Å². The van der Waals surface area contributed by atoms with Crippen molar-refractivity contribution in [3.63, 3.8) is 0 Å². The van der Waals surface area contributed by atoms with Crippen molar-refractivity contribution in [1.82, 2.24) is 4.72 Å². The van der Waals surface area contributed by atoms with Crippen molar-refractivity contribution < 1.29 is 0 Å². The summed E-state index contributed by atoms with van der Waals surface area (Å²) in [7, 11) is 0. The van der Waals surface area contributed by atoms with E-state index in [2.05, 4.69) is 74.7 Å². The molecule has 3 heterocycles. The number of hydrogen-bond acceptors (Lipinski definition) is 5. The third kappa shape index (κ3) is 8.17. The second kappa shape index (κ2) is 15.6. The Labute approximate surface area is 253 Å². The molecular formula is C30H40Br2N2S3. The molecule has 1 aliphatic heterocycles. The van der Waals surface area contributed by atoms with E-state index in [1.807, 2.05) is 22.7 Å². The second-order valence-corrected chi connectivity index (χ2v) is 15.5. The lowest BCUT2D eigenvalue weighted by Gasteiger charge is -2.21. The summed E-state index contributed by atoms with van der Waals surface area (Å²) < 4.78 is 11.0. The molecule has 0 aromatic carbocycles. The Kier molecular flexibility index (Phi) is 12.5. The Morgan fingerprint density at radius 2 is 1.27 bits per heavy atom. The van der Waals surface area contributed by atoms with Gasteiger partial charge in [0.25, 0.3) is 0 Å². The number of thiophene rings is 2. The van der Waals surface area contributed by atoms with Gasteiger partial charge in [0.05, 0.1) is 31.5 Å². The highest BCUT2D eigenvalue weighted by molar-refractivity contribution is 9.11. The minimum absolute atomic E-state index is 0.153. The maximum absolute atomic E-state index is 4.85. The molecule has 0 amide bonds. The predicted octanol–water partition coefficient (Wildman–Crippen LogP) is 11.6. The minimum atomic E-state index is 0.153. The molecule has 0 saturated carbocycles. The number of hydrogen-bond donors (Lipinski definition) is 1. The fraction of sp³-hybridized carbons (Fsp3) is 0.567. The zero-order valence-electron chi connectivity index (χ0n) is 22.2. The number of unbranched alkanes of at least 4 members (excludes halogenated alkanes) is 10. The topological polar surface area (TPSA) is 24.4 Å². The zero-order valence-corrected chi connectivity index (χ0v) is 27.8. The summed E-state index contributed by atoms with van der Waals surface area (Å²) >= 11 is 12.9. The van der Waals surface area contributed by atoms with E-state index in [0.29, 0.717) is 0 Å². The van der Waals surface area contributed by atoms with Crippen LogP contribution in [0.15, 0.2) is 36.3 Å². The number of rotatable bonds is 16. The van der Waals surface area contributed by atoms with Gasteiger partial charge in [-0.1, -0.05) is 90.2 Å². The SMILES string of the molecule is CCCCCCCCc1cc(C2=CC=C(c3cc(CCCCCCCC)c(Br)s3)C3NSN=C23)sc1Br. The van der Waals surface area contributed by atoms with Crippen molar-refractivity contribution in [2.45, 2.75) is 110 Å². The number of halogens is 2. The standard InChI is InChI=1S/C30H40Br2N2S3/c1-3-5-7-9-11-13-15-21-19-25(35-29(21)31)23-17-18-24(28-27(23)33-37-34-28)26-20-22(30(32)36-26)16-14-12-10-8-6-4-2/h17-20,27,33H,3-16H2,1-2H3. The number of nitrogens with one attached hydrogen (secondary N) is 1. The van der Waals surface area contributed by atoms with Crippen molar-refractivity contribution >= 4 is 83.5 Å². The molecule has 2 aromatic rings. The molecule has 1 N–H and O–H groups in total. The van der Waals surface area contributed by atoms with Gasteiger partial charge >= 0.3 is 0 Å². The quantitative estimate of drug-likeness (QED) is 0.141. The van der Waals surface area contributed by atoms with Gasteiger partial charge in [-0.2, -0.15) is 0 Å². The van der Waals surface area contributed by atoms with Crippen LogP contribution in [0.5, 0.6) is 0 Å². The van der Waals surface area contributed by atoms with E-state index in [1.54, 1.807) is 0 Å². The number of aryl methyl sites for hydroxylation is 2. The summed E-state index contributed by atoms with van der Waals surface area (Å²) in [6.07, 6.45) is 23.0. The average molecular weight is 685 g/mol. The number of fused-ring (bicyclic) bond motifs is 1. The van der Waals surface area contributed by atoms with Gasteiger partial charge in [-0.05, 0) is 86.4 Å². The lowest BCUT2D eigenvalue weighted by molar-refractivity contribution is 0.607. The van der Waals surface area contributed by atoms with Gasteiger partial charge in [-0.3, -0.25) is 0 Å². The van der Waals surface area contributed by atoms with E-state index in [1.165, 1.54) is 134 Å². The molecule has 37 heavy (non-hydrogen) atoms. The average Bonchev–Trinajstić information content (AvgIpc) is 3.62. The Balaban J connectivity index is 1.42. The largest absolute Gasteiger partial charge is 0.231 e. The molecule has 202 valence electrons. The molecule has 4 rings (SSSR count). The summed E-state index contributed by atoms with van der Waals surface area (Å²) in [5.74, 6) is 0. The van der Waals surface area contributed by atoms with Gasteiger partial charge in [-0.15, -0.1) is 22.7 Å². The predicted molar refractivity (Wildman–Crippen MR) is 176 cm³/mol. The van der Waals surface area contributed by atoms with Crippen LogP contribution in [0, 0.1) is 0 Å². The van der Waals surface area contributed by atoms with E-state index >= 15 is 0 Å². The van der Waals surface area contributed by atoms with E-state index < -0.39 is 0 Å². The lowest BCUT2D eigenvalue weighted by atomic mass is 9.89. The molecule has 0 saturated heterocycles. The van der Waals surface area contributed by atoms with Crippen LogP contribution in [-0.2, 0) is 12.8 Å². The van der Waals surface area contributed by atoms with Crippen LogP contribution >= 0.6 is 66.7 Å². The third-order valence-corrected chi connectivity index (χ3v) is 11.9. The molecule has 1 unspecified atom stereocenters. The molecule has 1 aliphatic carbocycles. The molecule has 1 atom stereocenters. The molecule has 2 aromatic heterocycles. The molecular weight excluding hydrogens is 644 g/mol. The summed E-state index contributed by atoms with van der Waals surface area (Å²) in [6, 6.07) is 4.96. The van der Waals surface area contributed by atoms with E-state index in [-0.39, 0.29) is 6.04 Å². The highest BCUT2D eigenvalue weighted by Gasteiger charge is 2.33. The third-order valence-electron chi connectivity index (χ3n) is 7.27. The second-order valence-electron chi connectivity index (χ2n) is 10.2. The van der Waals surface area contributed by atoms with Crippen molar-refractivity contribution in [1.29, 1.82) is 0 Å². The van der Waals surface area contributed by atoms with Gasteiger partial charge < -0.3 is 0 Å².